The first-order valence-corrected chi connectivity index (χ1v) is 6.43. The van der Waals surface area contributed by atoms with E-state index in [0.29, 0.717) is 5.13 Å². The van der Waals surface area contributed by atoms with Crippen molar-refractivity contribution < 1.29 is 0 Å². The van der Waals surface area contributed by atoms with Crippen LogP contribution in [0.4, 0.5) is 5.13 Å². The van der Waals surface area contributed by atoms with Crippen LogP contribution in [0.25, 0.3) is 23.1 Å². The second kappa shape index (κ2) is 4.58. The highest BCUT2D eigenvalue weighted by Gasteiger charge is 1.96. The maximum Gasteiger partial charge on any atom is 0.180 e. The molecule has 0 aliphatic heterocycles. The smallest absolute Gasteiger partial charge is 0.180 e. The van der Waals surface area contributed by atoms with E-state index in [9.17, 15) is 0 Å². The van der Waals surface area contributed by atoms with E-state index in [-0.39, 0.29) is 0 Å². The lowest BCUT2D eigenvalue weighted by atomic mass is 10.1. The predicted octanol–water partition coefficient (Wildman–Crippen LogP) is 3.44. The molecule has 18 heavy (non-hydrogen) atoms. The fraction of sp³-hybridized carbons (Fsp3) is 0. The summed E-state index contributed by atoms with van der Waals surface area (Å²) in [5.74, 6) is 0. The molecule has 0 amide bonds. The normalized spacial score (nSPS) is 11.3. The van der Waals surface area contributed by atoms with Crippen molar-refractivity contribution in [3.8, 4) is 0 Å². The maximum absolute atomic E-state index is 5.59. The van der Waals surface area contributed by atoms with Gasteiger partial charge in [-0.25, -0.2) is 4.98 Å². The molecule has 0 aliphatic carbocycles. The van der Waals surface area contributed by atoms with Crippen molar-refractivity contribution in [2.45, 2.75) is 0 Å². The number of aromatic nitrogens is 2. The number of anilines is 1. The van der Waals surface area contributed by atoms with Crippen LogP contribution in [0.15, 0.2) is 41.9 Å². The van der Waals surface area contributed by atoms with E-state index in [1.165, 1.54) is 11.3 Å². The molecule has 2 N–H and O–H groups in total. The molecule has 0 atom stereocenters. The molecule has 0 aliphatic rings. The number of thiazole rings is 1. The Bertz CT molecular complexity index is 716. The summed E-state index contributed by atoms with van der Waals surface area (Å²) in [7, 11) is 0. The number of fused-ring (bicyclic) bond motifs is 1. The Labute approximate surface area is 109 Å². The molecule has 3 nitrogen and oxygen atoms in total. The van der Waals surface area contributed by atoms with Crippen molar-refractivity contribution in [3.63, 3.8) is 0 Å². The maximum atomic E-state index is 5.59. The zero-order valence-corrected chi connectivity index (χ0v) is 10.4. The molecule has 4 heteroatoms. The van der Waals surface area contributed by atoms with Gasteiger partial charge in [-0.3, -0.25) is 4.98 Å². The second-order valence-corrected chi connectivity index (χ2v) is 4.79. The highest BCUT2D eigenvalue weighted by Crippen LogP contribution is 2.17. The van der Waals surface area contributed by atoms with Gasteiger partial charge in [0.05, 0.1) is 11.2 Å². The second-order valence-electron chi connectivity index (χ2n) is 3.90. The van der Waals surface area contributed by atoms with Gasteiger partial charge in [0.15, 0.2) is 5.13 Å². The summed E-state index contributed by atoms with van der Waals surface area (Å²) >= 11 is 1.45. The van der Waals surface area contributed by atoms with Gasteiger partial charge in [-0.15, -0.1) is 11.3 Å². The van der Waals surface area contributed by atoms with Gasteiger partial charge in [-0.2, -0.15) is 0 Å². The van der Waals surface area contributed by atoms with Crippen molar-refractivity contribution in [1.82, 2.24) is 9.97 Å². The van der Waals surface area contributed by atoms with Crippen LogP contribution >= 0.6 is 11.3 Å². The number of hydrogen-bond donors (Lipinski definition) is 1. The zero-order valence-electron chi connectivity index (χ0n) is 9.58. The van der Waals surface area contributed by atoms with E-state index < -0.39 is 0 Å². The molecule has 0 fully saturated rings. The Morgan fingerprint density at radius 2 is 2.11 bits per heavy atom. The van der Waals surface area contributed by atoms with Gasteiger partial charge in [0.1, 0.15) is 0 Å². The van der Waals surface area contributed by atoms with Gasteiger partial charge in [0.2, 0.25) is 0 Å². The van der Waals surface area contributed by atoms with Gasteiger partial charge >= 0.3 is 0 Å². The standard InChI is InChI=1S/C14H11N3S/c15-14-17-12(9-18-14)5-3-10-4-6-13-11(8-10)2-1-7-16-13/h1-9H,(H2,15,17). The third kappa shape index (κ3) is 2.24. The highest BCUT2D eigenvalue weighted by atomic mass is 32.1. The molecular formula is C14H11N3S. The van der Waals surface area contributed by atoms with Crippen LogP contribution in [0.5, 0.6) is 0 Å². The van der Waals surface area contributed by atoms with Gasteiger partial charge in [0, 0.05) is 17.0 Å². The summed E-state index contributed by atoms with van der Waals surface area (Å²) in [6, 6.07) is 10.2. The third-order valence-corrected chi connectivity index (χ3v) is 3.31. The minimum Gasteiger partial charge on any atom is -0.375 e. The minimum absolute atomic E-state index is 0.595. The number of pyridine rings is 1. The lowest BCUT2D eigenvalue weighted by Crippen LogP contribution is -1.81. The minimum atomic E-state index is 0.595. The fourth-order valence-corrected chi connectivity index (χ4v) is 2.29. The molecule has 3 rings (SSSR count). The van der Waals surface area contributed by atoms with Gasteiger partial charge in [-0.1, -0.05) is 18.2 Å². The Hall–Kier alpha value is -2.20. The van der Waals surface area contributed by atoms with Crippen molar-refractivity contribution in [1.29, 1.82) is 0 Å². The van der Waals surface area contributed by atoms with Crippen LogP contribution in [0.3, 0.4) is 0 Å². The summed E-state index contributed by atoms with van der Waals surface area (Å²) in [6.45, 7) is 0. The van der Waals surface area contributed by atoms with Crippen LogP contribution in [-0.2, 0) is 0 Å². The van der Waals surface area contributed by atoms with Gasteiger partial charge < -0.3 is 5.73 Å². The first-order valence-electron chi connectivity index (χ1n) is 5.55. The molecular weight excluding hydrogens is 242 g/mol. The van der Waals surface area contributed by atoms with E-state index in [4.69, 9.17) is 5.73 Å². The molecule has 2 aromatic heterocycles. The third-order valence-electron chi connectivity index (χ3n) is 2.61. The van der Waals surface area contributed by atoms with E-state index in [0.717, 1.165) is 22.2 Å². The summed E-state index contributed by atoms with van der Waals surface area (Å²) < 4.78 is 0. The molecule has 0 unspecified atom stereocenters. The Kier molecular flexibility index (Phi) is 2.78. The van der Waals surface area contributed by atoms with E-state index in [1.807, 2.05) is 35.7 Å². The number of rotatable bonds is 2. The number of nitrogens with zero attached hydrogens (tertiary/aromatic N) is 2. The van der Waals surface area contributed by atoms with Crippen LogP contribution in [0.1, 0.15) is 11.3 Å². The van der Waals surface area contributed by atoms with Crippen LogP contribution < -0.4 is 5.73 Å². The van der Waals surface area contributed by atoms with Crippen LogP contribution in [0.2, 0.25) is 0 Å². The zero-order chi connectivity index (χ0) is 12.4. The average Bonchev–Trinajstić information content (AvgIpc) is 2.82. The largest absolute Gasteiger partial charge is 0.375 e. The number of nitrogens with two attached hydrogens (primary N) is 1. The highest BCUT2D eigenvalue weighted by molar-refractivity contribution is 7.13. The quantitative estimate of drug-likeness (QED) is 0.761. The molecule has 0 spiro atoms. The fourth-order valence-electron chi connectivity index (χ4n) is 1.76. The van der Waals surface area contributed by atoms with Gasteiger partial charge in [0.25, 0.3) is 0 Å². The topological polar surface area (TPSA) is 51.8 Å². The molecule has 0 saturated carbocycles. The SMILES string of the molecule is Nc1nc(C=Cc2ccc3ncccc3c2)cs1. The molecule has 1 aromatic carbocycles. The first-order chi connectivity index (χ1) is 8.81. The molecule has 3 aromatic rings. The Morgan fingerprint density at radius 1 is 1.17 bits per heavy atom. The van der Waals surface area contributed by atoms with Crippen LogP contribution in [0, 0.1) is 0 Å². The van der Waals surface area contributed by atoms with Crippen LogP contribution in [-0.4, -0.2) is 9.97 Å². The van der Waals surface area contributed by atoms with E-state index in [1.54, 1.807) is 6.20 Å². The molecule has 0 bridgehead atoms. The molecule has 0 radical (unpaired) electrons. The average molecular weight is 253 g/mol. The van der Waals surface area contributed by atoms with Crippen molar-refractivity contribution in [3.05, 3.63) is 53.2 Å². The van der Waals surface area contributed by atoms with Crippen molar-refractivity contribution in [2.75, 3.05) is 5.73 Å². The summed E-state index contributed by atoms with van der Waals surface area (Å²) in [4.78, 5) is 8.48. The molecule has 0 saturated heterocycles. The summed E-state index contributed by atoms with van der Waals surface area (Å²) in [5, 5.41) is 3.67. The lowest BCUT2D eigenvalue weighted by molar-refractivity contribution is 1.39. The number of hydrogen-bond acceptors (Lipinski definition) is 4. The molecule has 88 valence electrons. The van der Waals surface area contributed by atoms with Crippen molar-refractivity contribution >= 4 is 39.5 Å². The predicted molar refractivity (Wildman–Crippen MR) is 77.2 cm³/mol. The number of benzene rings is 1. The van der Waals surface area contributed by atoms with Gasteiger partial charge in [-0.05, 0) is 29.8 Å². The Balaban J connectivity index is 1.93. The summed E-state index contributed by atoms with van der Waals surface area (Å²) in [5.41, 5.74) is 8.61. The van der Waals surface area contributed by atoms with E-state index >= 15 is 0 Å². The van der Waals surface area contributed by atoms with Crippen molar-refractivity contribution in [2.24, 2.45) is 0 Å². The lowest BCUT2D eigenvalue weighted by Gasteiger charge is -1.97. The summed E-state index contributed by atoms with van der Waals surface area (Å²) in [6.07, 6.45) is 5.79. The monoisotopic (exact) mass is 253 g/mol. The first kappa shape index (κ1) is 10.9. The Morgan fingerprint density at radius 3 is 2.94 bits per heavy atom. The van der Waals surface area contributed by atoms with E-state index in [2.05, 4.69) is 22.1 Å². The number of nitrogen functional groups attached to an aromatic ring is 1. The molecule has 2 heterocycles.